The molecular weight excluding hydrogens is 486 g/mol. The van der Waals surface area contributed by atoms with Crippen LogP contribution in [0.5, 0.6) is 0 Å². The van der Waals surface area contributed by atoms with Gasteiger partial charge in [-0.2, -0.15) is 5.10 Å². The lowest BCUT2D eigenvalue weighted by atomic mass is 9.99. The number of furan rings is 1. The molecular formula is C29H29N3O2S2. The first-order valence-electron chi connectivity index (χ1n) is 12.5. The number of aromatic nitrogens is 2. The summed E-state index contributed by atoms with van der Waals surface area (Å²) in [7, 11) is 0. The second kappa shape index (κ2) is 10.8. The topological polar surface area (TPSA) is 51.3 Å². The van der Waals surface area contributed by atoms with Crippen molar-refractivity contribution in [3.8, 4) is 17.1 Å². The average Bonchev–Trinajstić information content (AvgIpc) is 3.59. The first-order chi connectivity index (χ1) is 17.6. The van der Waals surface area contributed by atoms with Gasteiger partial charge in [0, 0.05) is 23.7 Å². The number of unbranched alkanes of at least 4 members (excludes halogenated alkanes) is 1. The van der Waals surface area contributed by atoms with Gasteiger partial charge in [-0.3, -0.25) is 9.69 Å². The number of hydrogen-bond donors (Lipinski definition) is 0. The second-order valence-corrected chi connectivity index (χ2v) is 10.7. The van der Waals surface area contributed by atoms with E-state index in [9.17, 15) is 4.79 Å². The lowest BCUT2D eigenvalue weighted by Gasteiger charge is -2.21. The van der Waals surface area contributed by atoms with Gasteiger partial charge in [0.1, 0.15) is 15.6 Å². The third-order valence-electron chi connectivity index (χ3n) is 6.57. The molecule has 0 spiro atoms. The number of rotatable bonds is 9. The molecule has 2 aromatic carbocycles. The molecule has 1 atom stereocenters. The van der Waals surface area contributed by atoms with E-state index in [4.69, 9.17) is 21.7 Å². The van der Waals surface area contributed by atoms with Crippen LogP contribution in [0.2, 0.25) is 0 Å². The van der Waals surface area contributed by atoms with E-state index in [0.29, 0.717) is 33.1 Å². The van der Waals surface area contributed by atoms with Gasteiger partial charge in [-0.1, -0.05) is 93.5 Å². The highest BCUT2D eigenvalue weighted by atomic mass is 32.2. The van der Waals surface area contributed by atoms with Crippen LogP contribution >= 0.6 is 24.0 Å². The fourth-order valence-corrected chi connectivity index (χ4v) is 5.74. The van der Waals surface area contributed by atoms with Crippen LogP contribution in [0.4, 0.5) is 0 Å². The quantitative estimate of drug-likeness (QED) is 0.169. The molecule has 5 nitrogen and oxygen atoms in total. The molecule has 2 aromatic heterocycles. The van der Waals surface area contributed by atoms with E-state index >= 15 is 0 Å². The van der Waals surface area contributed by atoms with E-state index in [1.54, 1.807) is 4.90 Å². The Morgan fingerprint density at radius 3 is 2.64 bits per heavy atom. The van der Waals surface area contributed by atoms with Crippen LogP contribution < -0.4 is 0 Å². The van der Waals surface area contributed by atoms with E-state index < -0.39 is 0 Å². The summed E-state index contributed by atoms with van der Waals surface area (Å²) in [6, 6.07) is 19.8. The molecule has 0 aliphatic carbocycles. The molecule has 0 bridgehead atoms. The fraction of sp³-hybridized carbons (Fsp3) is 0.276. The molecule has 0 saturated carbocycles. The van der Waals surface area contributed by atoms with Crippen molar-refractivity contribution in [3.63, 3.8) is 0 Å². The van der Waals surface area contributed by atoms with Gasteiger partial charge < -0.3 is 4.42 Å². The molecule has 36 heavy (non-hydrogen) atoms. The molecule has 7 heteroatoms. The Bertz CT molecular complexity index is 1390. The van der Waals surface area contributed by atoms with Crippen molar-refractivity contribution >= 4 is 51.3 Å². The Kier molecular flexibility index (Phi) is 7.39. The van der Waals surface area contributed by atoms with E-state index in [1.807, 2.05) is 77.6 Å². The van der Waals surface area contributed by atoms with Crippen LogP contribution in [0.3, 0.4) is 0 Å². The molecule has 0 N–H and O–H groups in total. The molecule has 1 aliphatic rings. The van der Waals surface area contributed by atoms with Gasteiger partial charge in [-0.05, 0) is 42.7 Å². The molecule has 4 aromatic rings. The number of thioether (sulfide) groups is 1. The summed E-state index contributed by atoms with van der Waals surface area (Å²) in [5.74, 6) is 1.10. The Hall–Kier alpha value is -3.16. The number of para-hydroxylation sites is 2. The van der Waals surface area contributed by atoms with Crippen molar-refractivity contribution in [2.45, 2.75) is 39.5 Å². The smallest absolute Gasteiger partial charge is 0.266 e. The Labute approximate surface area is 221 Å². The Morgan fingerprint density at radius 1 is 1.11 bits per heavy atom. The van der Waals surface area contributed by atoms with Gasteiger partial charge in [0.2, 0.25) is 0 Å². The molecule has 1 unspecified atom stereocenters. The maximum Gasteiger partial charge on any atom is 0.266 e. The molecule has 3 heterocycles. The maximum absolute atomic E-state index is 13.4. The van der Waals surface area contributed by atoms with E-state index in [-0.39, 0.29) is 5.91 Å². The summed E-state index contributed by atoms with van der Waals surface area (Å²) in [4.78, 5) is 15.8. The van der Waals surface area contributed by atoms with Crippen LogP contribution in [0.1, 0.15) is 45.1 Å². The zero-order valence-electron chi connectivity index (χ0n) is 20.5. The van der Waals surface area contributed by atoms with Crippen LogP contribution in [-0.2, 0) is 4.79 Å². The summed E-state index contributed by atoms with van der Waals surface area (Å²) in [5, 5.41) is 5.87. The summed E-state index contributed by atoms with van der Waals surface area (Å²) in [5.41, 5.74) is 3.24. The van der Waals surface area contributed by atoms with Gasteiger partial charge in [-0.25, -0.2) is 4.68 Å². The SMILES string of the molecule is CCCCC(CC)CN1C(=O)/C(=C/c2cn(-c3ccccc3)nc2-c2cc3ccccc3o2)SC1=S. The minimum Gasteiger partial charge on any atom is -0.454 e. The number of nitrogens with zero attached hydrogens (tertiary/aromatic N) is 3. The van der Waals surface area contributed by atoms with E-state index in [0.717, 1.165) is 41.5 Å². The highest BCUT2D eigenvalue weighted by molar-refractivity contribution is 8.26. The summed E-state index contributed by atoms with van der Waals surface area (Å²) < 4.78 is 8.60. The normalized spacial score (nSPS) is 15.9. The minimum absolute atomic E-state index is 0.0250. The molecule has 0 radical (unpaired) electrons. The summed E-state index contributed by atoms with van der Waals surface area (Å²) in [6.45, 7) is 5.06. The summed E-state index contributed by atoms with van der Waals surface area (Å²) >= 11 is 7.00. The van der Waals surface area contributed by atoms with E-state index in [2.05, 4.69) is 13.8 Å². The van der Waals surface area contributed by atoms with Gasteiger partial charge in [-0.15, -0.1) is 0 Å². The van der Waals surface area contributed by atoms with Crippen molar-refractivity contribution in [2.24, 2.45) is 5.92 Å². The van der Waals surface area contributed by atoms with Crippen LogP contribution in [-0.4, -0.2) is 31.5 Å². The molecule has 1 fully saturated rings. The number of benzene rings is 2. The lowest BCUT2D eigenvalue weighted by Crippen LogP contribution is -2.33. The number of amides is 1. The first-order valence-corrected chi connectivity index (χ1v) is 13.7. The number of hydrogen-bond acceptors (Lipinski definition) is 5. The highest BCUT2D eigenvalue weighted by Gasteiger charge is 2.33. The number of thiocarbonyl (C=S) groups is 1. The summed E-state index contributed by atoms with van der Waals surface area (Å²) in [6.07, 6.45) is 8.33. The van der Waals surface area contributed by atoms with Crippen molar-refractivity contribution in [3.05, 3.63) is 77.3 Å². The fourth-order valence-electron chi connectivity index (χ4n) is 4.47. The van der Waals surface area contributed by atoms with E-state index in [1.165, 1.54) is 18.2 Å². The third-order valence-corrected chi connectivity index (χ3v) is 7.94. The predicted molar refractivity (Wildman–Crippen MR) is 152 cm³/mol. The van der Waals surface area contributed by atoms with Crippen molar-refractivity contribution in [1.29, 1.82) is 0 Å². The molecule has 1 aliphatic heterocycles. The molecule has 1 saturated heterocycles. The Balaban J connectivity index is 1.51. The molecule has 5 rings (SSSR count). The highest BCUT2D eigenvalue weighted by Crippen LogP contribution is 2.37. The van der Waals surface area contributed by atoms with Crippen LogP contribution in [0.25, 0.3) is 34.2 Å². The van der Waals surface area contributed by atoms with Crippen molar-refractivity contribution in [1.82, 2.24) is 14.7 Å². The molecule has 1 amide bonds. The van der Waals surface area contributed by atoms with Crippen molar-refractivity contribution in [2.75, 3.05) is 6.54 Å². The number of fused-ring (bicyclic) bond motifs is 1. The lowest BCUT2D eigenvalue weighted by molar-refractivity contribution is -0.122. The van der Waals surface area contributed by atoms with Gasteiger partial charge in [0.25, 0.3) is 5.91 Å². The minimum atomic E-state index is -0.0250. The molecule has 184 valence electrons. The number of carbonyl (C=O) groups is 1. The predicted octanol–water partition coefficient (Wildman–Crippen LogP) is 7.70. The largest absolute Gasteiger partial charge is 0.454 e. The zero-order valence-corrected chi connectivity index (χ0v) is 22.1. The first kappa shape index (κ1) is 24.5. The van der Waals surface area contributed by atoms with Gasteiger partial charge >= 0.3 is 0 Å². The second-order valence-electron chi connectivity index (χ2n) is 9.07. The maximum atomic E-state index is 13.4. The Morgan fingerprint density at radius 2 is 1.89 bits per heavy atom. The average molecular weight is 516 g/mol. The third kappa shape index (κ3) is 5.04. The van der Waals surface area contributed by atoms with Crippen molar-refractivity contribution < 1.29 is 9.21 Å². The number of carbonyl (C=O) groups excluding carboxylic acids is 1. The van der Waals surface area contributed by atoms with Gasteiger partial charge in [0.15, 0.2) is 5.76 Å². The van der Waals surface area contributed by atoms with Gasteiger partial charge in [0.05, 0.1) is 10.6 Å². The monoisotopic (exact) mass is 515 g/mol. The van der Waals surface area contributed by atoms with Crippen LogP contribution in [0.15, 0.2) is 76.2 Å². The standard InChI is InChI=1S/C29H29N3O2S2/c1-3-5-11-20(4-2)18-31-28(33)26(36-29(31)35)17-22-19-32(23-13-7-6-8-14-23)30-27(22)25-16-21-12-9-10-15-24(21)34-25/h6-10,12-17,19-20H,3-5,11,18H2,1-2H3/b26-17-. The van der Waals surface area contributed by atoms with Crippen LogP contribution in [0, 0.1) is 5.92 Å². The zero-order chi connectivity index (χ0) is 25.1.